The average Bonchev–Trinajstić information content (AvgIpc) is 3.40. The predicted molar refractivity (Wildman–Crippen MR) is 140 cm³/mol. The maximum Gasteiger partial charge on any atom is 0.311 e. The van der Waals surface area contributed by atoms with Crippen LogP contribution < -0.4 is 0 Å². The van der Waals surface area contributed by atoms with Crippen molar-refractivity contribution in [3.05, 3.63) is 0 Å². The van der Waals surface area contributed by atoms with E-state index in [2.05, 4.69) is 0 Å². The van der Waals surface area contributed by atoms with Crippen LogP contribution in [0, 0.1) is 22.7 Å². The highest BCUT2D eigenvalue weighted by Crippen LogP contribution is 2.41. The minimum atomic E-state index is -0.824. The van der Waals surface area contributed by atoms with E-state index in [4.69, 9.17) is 14.2 Å². The summed E-state index contributed by atoms with van der Waals surface area (Å²) < 4.78 is 16.0. The molecule has 1 heterocycles. The van der Waals surface area contributed by atoms with E-state index < -0.39 is 10.8 Å². The lowest BCUT2D eigenvalue weighted by atomic mass is 9.71. The zero-order valence-corrected chi connectivity index (χ0v) is 21.7. The molecule has 2 aliphatic rings. The number of esters is 2. The second-order valence-corrected chi connectivity index (χ2v) is 10.8. The molecule has 0 aromatic heterocycles. The van der Waals surface area contributed by atoms with Gasteiger partial charge < -0.3 is 19.1 Å². The Labute approximate surface area is 218 Å². The first-order chi connectivity index (χ1) is 16.0. The molecule has 1 saturated heterocycles. The minimum Gasteiger partial charge on any atom is -0.463 e. The van der Waals surface area contributed by atoms with E-state index in [9.17, 15) is 19.2 Å². The Hall–Kier alpha value is -1.96. The molecule has 0 aromatic rings. The van der Waals surface area contributed by atoms with Gasteiger partial charge in [-0.25, -0.2) is 0 Å². The second-order valence-electron chi connectivity index (χ2n) is 10.8. The molecule has 0 N–H and O–H groups in total. The lowest BCUT2D eigenvalue weighted by molar-refractivity contribution is -0.161. The summed E-state index contributed by atoms with van der Waals surface area (Å²) in [4.78, 5) is 51.6. The van der Waals surface area contributed by atoms with Gasteiger partial charge in [0.15, 0.2) is 0 Å². The molecule has 210 valence electrons. The van der Waals surface area contributed by atoms with Crippen LogP contribution in [0.1, 0.15) is 93.9 Å². The number of nitrogens with zero attached hydrogens (tertiary/aromatic N) is 1. The number of methoxy groups -OCH3 is 1. The summed E-state index contributed by atoms with van der Waals surface area (Å²) in [5, 5.41) is 0. The summed E-state index contributed by atoms with van der Waals surface area (Å²) in [6, 6.07) is 0. The maximum absolute atomic E-state index is 13.1. The number of hydrogen-bond donors (Lipinski definition) is 0. The largest absolute Gasteiger partial charge is 0.463 e. The standard InChI is InChI=1S/C26H43NO7.2CH4/c1-19(20-8-6-9-21(20)28)18-26(4,24(31)34-17-16-32-5)12-11-25(2,3)23(30)33-15-14-27-13-7-10-22(27)29;;/h19-20H,6-18H2,1-5H3;2*1H4. The van der Waals surface area contributed by atoms with Gasteiger partial charge in [-0.15, -0.1) is 0 Å². The molecule has 0 radical (unpaired) electrons. The van der Waals surface area contributed by atoms with Crippen molar-refractivity contribution in [1.82, 2.24) is 4.90 Å². The normalized spacial score (nSPS) is 20.2. The number of ether oxygens (including phenoxy) is 3. The zero-order valence-electron chi connectivity index (χ0n) is 21.7. The number of hydrogen-bond acceptors (Lipinski definition) is 7. The van der Waals surface area contributed by atoms with Gasteiger partial charge in [-0.1, -0.05) is 21.8 Å². The summed E-state index contributed by atoms with van der Waals surface area (Å²) in [7, 11) is 1.55. The lowest BCUT2D eigenvalue weighted by Crippen LogP contribution is -2.37. The second kappa shape index (κ2) is 15.3. The van der Waals surface area contributed by atoms with E-state index in [-0.39, 0.29) is 63.5 Å². The fourth-order valence-corrected chi connectivity index (χ4v) is 5.05. The van der Waals surface area contributed by atoms with E-state index >= 15 is 0 Å². The zero-order chi connectivity index (χ0) is 25.4. The van der Waals surface area contributed by atoms with E-state index in [1.165, 1.54) is 0 Å². The summed E-state index contributed by atoms with van der Waals surface area (Å²) >= 11 is 0. The monoisotopic (exact) mass is 513 g/mol. The third-order valence-electron chi connectivity index (χ3n) is 7.44. The van der Waals surface area contributed by atoms with Gasteiger partial charge in [0, 0.05) is 32.4 Å². The summed E-state index contributed by atoms with van der Waals surface area (Å²) in [5.41, 5.74) is -1.62. The Morgan fingerprint density at radius 1 is 0.972 bits per heavy atom. The van der Waals surface area contributed by atoms with Crippen LogP contribution >= 0.6 is 0 Å². The molecular weight excluding hydrogens is 462 g/mol. The molecule has 3 unspecified atom stereocenters. The number of ketones is 1. The number of Topliss-reactive ketones (excluding diaryl/α,β-unsaturated/α-hetero) is 1. The van der Waals surface area contributed by atoms with Crippen LogP contribution in [0.2, 0.25) is 0 Å². The number of amides is 1. The van der Waals surface area contributed by atoms with Gasteiger partial charge in [0.1, 0.15) is 19.0 Å². The number of likely N-dealkylation sites (tertiary alicyclic amines) is 1. The predicted octanol–water partition coefficient (Wildman–Crippen LogP) is 4.82. The Morgan fingerprint density at radius 2 is 1.64 bits per heavy atom. The van der Waals surface area contributed by atoms with Crippen molar-refractivity contribution in [2.24, 2.45) is 22.7 Å². The Kier molecular flexibility index (Phi) is 14.5. The van der Waals surface area contributed by atoms with Crippen LogP contribution in [0.3, 0.4) is 0 Å². The minimum absolute atomic E-state index is 0. The molecule has 3 atom stereocenters. The molecule has 0 aromatic carbocycles. The third-order valence-corrected chi connectivity index (χ3v) is 7.44. The van der Waals surface area contributed by atoms with Crippen molar-refractivity contribution >= 4 is 23.6 Å². The Bertz CT molecular complexity index is 735. The first kappa shape index (κ1) is 34.0. The summed E-state index contributed by atoms with van der Waals surface area (Å²) in [6.45, 7) is 9.32. The number of rotatable bonds is 14. The molecule has 0 spiro atoms. The van der Waals surface area contributed by atoms with Crippen molar-refractivity contribution in [3.8, 4) is 0 Å². The van der Waals surface area contributed by atoms with Crippen LogP contribution in [0.25, 0.3) is 0 Å². The number of carbonyl (C=O) groups excluding carboxylic acids is 4. The van der Waals surface area contributed by atoms with E-state index in [0.717, 1.165) is 19.3 Å². The van der Waals surface area contributed by atoms with Gasteiger partial charge in [-0.2, -0.15) is 0 Å². The highest BCUT2D eigenvalue weighted by molar-refractivity contribution is 5.83. The van der Waals surface area contributed by atoms with Crippen molar-refractivity contribution in [2.75, 3.05) is 40.0 Å². The number of carbonyl (C=O) groups is 4. The van der Waals surface area contributed by atoms with Gasteiger partial charge >= 0.3 is 11.9 Å². The molecular formula is C28H51NO7. The highest BCUT2D eigenvalue weighted by Gasteiger charge is 2.42. The van der Waals surface area contributed by atoms with Crippen LogP contribution in [-0.2, 0) is 33.4 Å². The molecule has 0 bridgehead atoms. The fourth-order valence-electron chi connectivity index (χ4n) is 5.05. The van der Waals surface area contributed by atoms with Crippen molar-refractivity contribution in [3.63, 3.8) is 0 Å². The van der Waals surface area contributed by atoms with Crippen LogP contribution in [0.15, 0.2) is 0 Å². The molecule has 1 amide bonds. The quantitative estimate of drug-likeness (QED) is 0.242. The van der Waals surface area contributed by atoms with E-state index in [1.54, 1.807) is 12.0 Å². The van der Waals surface area contributed by atoms with Gasteiger partial charge in [0.2, 0.25) is 5.91 Å². The molecule has 1 saturated carbocycles. The first-order valence-electron chi connectivity index (χ1n) is 12.6. The van der Waals surface area contributed by atoms with Gasteiger partial charge in [0.25, 0.3) is 0 Å². The third kappa shape index (κ3) is 9.49. The van der Waals surface area contributed by atoms with Crippen LogP contribution in [-0.4, -0.2) is 68.5 Å². The molecule has 8 heteroatoms. The Morgan fingerprint density at radius 3 is 2.19 bits per heavy atom. The summed E-state index contributed by atoms with van der Waals surface area (Å²) in [5.74, 6) is -0.233. The summed E-state index contributed by atoms with van der Waals surface area (Å²) in [6.07, 6.45) is 5.21. The van der Waals surface area contributed by atoms with E-state index in [1.807, 2.05) is 27.7 Å². The van der Waals surface area contributed by atoms with Gasteiger partial charge in [-0.3, -0.25) is 19.2 Å². The van der Waals surface area contributed by atoms with Crippen LogP contribution in [0.5, 0.6) is 0 Å². The maximum atomic E-state index is 13.1. The first-order valence-corrected chi connectivity index (χ1v) is 12.6. The highest BCUT2D eigenvalue weighted by atomic mass is 16.6. The molecule has 2 fully saturated rings. The molecule has 36 heavy (non-hydrogen) atoms. The average molecular weight is 514 g/mol. The smallest absolute Gasteiger partial charge is 0.311 e. The molecule has 1 aliphatic heterocycles. The molecule has 1 aliphatic carbocycles. The lowest BCUT2D eigenvalue weighted by Gasteiger charge is -2.34. The van der Waals surface area contributed by atoms with Crippen LogP contribution in [0.4, 0.5) is 0 Å². The van der Waals surface area contributed by atoms with Crippen molar-refractivity contribution in [1.29, 1.82) is 0 Å². The van der Waals surface area contributed by atoms with Gasteiger partial charge in [-0.05, 0) is 65.2 Å². The fraction of sp³-hybridized carbons (Fsp3) is 0.857. The molecule has 2 rings (SSSR count). The Balaban J connectivity index is 0.00000612. The SMILES string of the molecule is C.C.COCCOC(=O)C(C)(CCC(C)(C)C(=O)OCCN1CCCC1=O)CC(C)C1CCCC1=O. The van der Waals surface area contributed by atoms with Crippen molar-refractivity contribution in [2.45, 2.75) is 93.9 Å². The molecule has 8 nitrogen and oxygen atoms in total. The topological polar surface area (TPSA) is 99.2 Å². The van der Waals surface area contributed by atoms with Crippen molar-refractivity contribution < 1.29 is 33.4 Å². The van der Waals surface area contributed by atoms with E-state index in [0.29, 0.717) is 51.8 Å². The van der Waals surface area contributed by atoms with Gasteiger partial charge in [0.05, 0.1) is 24.0 Å².